The van der Waals surface area contributed by atoms with Crippen LogP contribution in [0, 0.1) is 0 Å². The summed E-state index contributed by atoms with van der Waals surface area (Å²) in [6.45, 7) is 7.60. The summed E-state index contributed by atoms with van der Waals surface area (Å²) in [6.07, 6.45) is 0. The molecule has 0 heterocycles. The van der Waals surface area contributed by atoms with Crippen molar-refractivity contribution >= 4 is 8.56 Å². The van der Waals surface area contributed by atoms with Gasteiger partial charge in [-0.1, -0.05) is 0 Å². The minimum absolute atomic E-state index is 0.161. The summed E-state index contributed by atoms with van der Waals surface area (Å²) in [5.74, 6) is 0. The summed E-state index contributed by atoms with van der Waals surface area (Å²) in [4.78, 5) is 0. The van der Waals surface area contributed by atoms with E-state index in [1.165, 1.54) is 0 Å². The van der Waals surface area contributed by atoms with E-state index in [1.54, 1.807) is 25.6 Å². The zero-order valence-corrected chi connectivity index (χ0v) is 9.12. The SMILES string of the molecule is C=C[Si](C=C)(OCOC)OCOC. The minimum atomic E-state index is -2.51. The highest BCUT2D eigenvalue weighted by Crippen LogP contribution is 2.09. The van der Waals surface area contributed by atoms with E-state index in [0.717, 1.165) is 0 Å². The van der Waals surface area contributed by atoms with Gasteiger partial charge in [0.15, 0.2) is 0 Å². The van der Waals surface area contributed by atoms with E-state index in [4.69, 9.17) is 18.3 Å². The van der Waals surface area contributed by atoms with Gasteiger partial charge in [0.25, 0.3) is 0 Å². The standard InChI is InChI=1S/C8H16O4Si/c1-5-13(6-2,11-7-9-3)12-8-10-4/h5-6H,1-2,7-8H2,3-4H3. The summed E-state index contributed by atoms with van der Waals surface area (Å²) in [5, 5.41) is 0. The molecule has 0 bridgehead atoms. The van der Waals surface area contributed by atoms with Crippen LogP contribution in [0.3, 0.4) is 0 Å². The lowest BCUT2D eigenvalue weighted by molar-refractivity contribution is -0.0113. The molecular weight excluding hydrogens is 188 g/mol. The van der Waals surface area contributed by atoms with Crippen molar-refractivity contribution in [3.8, 4) is 0 Å². The first-order valence-corrected chi connectivity index (χ1v) is 5.74. The average Bonchev–Trinajstić information content (AvgIpc) is 2.20. The Kier molecular flexibility index (Phi) is 6.74. The van der Waals surface area contributed by atoms with Gasteiger partial charge in [-0.25, -0.2) is 0 Å². The highest BCUT2D eigenvalue weighted by Gasteiger charge is 2.30. The van der Waals surface area contributed by atoms with Crippen LogP contribution in [-0.2, 0) is 18.3 Å². The van der Waals surface area contributed by atoms with Crippen LogP contribution in [0.2, 0.25) is 0 Å². The molecule has 0 aliphatic carbocycles. The lowest BCUT2D eigenvalue weighted by atomic mass is 11.2. The molecule has 0 amide bonds. The van der Waals surface area contributed by atoms with Crippen LogP contribution < -0.4 is 0 Å². The molecule has 0 atom stereocenters. The zero-order valence-electron chi connectivity index (χ0n) is 8.12. The number of rotatable bonds is 8. The molecule has 0 aromatic carbocycles. The molecule has 4 nitrogen and oxygen atoms in total. The fraction of sp³-hybridized carbons (Fsp3) is 0.500. The van der Waals surface area contributed by atoms with Crippen LogP contribution in [0.25, 0.3) is 0 Å². The van der Waals surface area contributed by atoms with E-state index < -0.39 is 8.56 Å². The monoisotopic (exact) mass is 204 g/mol. The lowest BCUT2D eigenvalue weighted by Crippen LogP contribution is -2.39. The number of methoxy groups -OCH3 is 2. The highest BCUT2D eigenvalue weighted by atomic mass is 28.4. The minimum Gasteiger partial charge on any atom is -0.364 e. The molecule has 0 saturated heterocycles. The second kappa shape index (κ2) is 6.99. The summed E-state index contributed by atoms with van der Waals surface area (Å²) in [7, 11) is 0.579. The van der Waals surface area contributed by atoms with Crippen molar-refractivity contribution < 1.29 is 18.3 Å². The van der Waals surface area contributed by atoms with Crippen LogP contribution in [-0.4, -0.2) is 36.4 Å². The van der Waals surface area contributed by atoms with E-state index in [0.29, 0.717) is 0 Å². The molecule has 0 N–H and O–H groups in total. The normalized spacial score (nSPS) is 11.2. The Bertz CT molecular complexity index is 142. The van der Waals surface area contributed by atoms with Gasteiger partial charge in [0.2, 0.25) is 0 Å². The van der Waals surface area contributed by atoms with Gasteiger partial charge in [-0.05, 0) is 11.4 Å². The summed E-state index contributed by atoms with van der Waals surface area (Å²) < 4.78 is 20.3. The lowest BCUT2D eigenvalue weighted by Gasteiger charge is -2.22. The van der Waals surface area contributed by atoms with Gasteiger partial charge in [-0.15, -0.1) is 13.2 Å². The molecule has 0 aromatic heterocycles. The van der Waals surface area contributed by atoms with E-state index >= 15 is 0 Å². The highest BCUT2D eigenvalue weighted by molar-refractivity contribution is 6.77. The van der Waals surface area contributed by atoms with Crippen molar-refractivity contribution in [2.45, 2.75) is 0 Å². The van der Waals surface area contributed by atoms with Gasteiger partial charge in [-0.2, -0.15) is 0 Å². The van der Waals surface area contributed by atoms with Gasteiger partial charge in [0.05, 0.1) is 0 Å². The number of hydrogen-bond acceptors (Lipinski definition) is 4. The van der Waals surface area contributed by atoms with Crippen molar-refractivity contribution in [3.63, 3.8) is 0 Å². The molecule has 0 radical (unpaired) electrons. The first-order chi connectivity index (χ1) is 6.24. The third-order valence-corrected chi connectivity index (χ3v) is 3.65. The smallest absolute Gasteiger partial charge is 0.364 e. The Balaban J connectivity index is 4.13. The summed E-state index contributed by atoms with van der Waals surface area (Å²) in [6, 6.07) is 0. The van der Waals surface area contributed by atoms with Crippen LogP contribution in [0.1, 0.15) is 0 Å². The van der Waals surface area contributed by atoms with Gasteiger partial charge in [0, 0.05) is 14.2 Å². The Morgan fingerprint density at radius 1 is 1.00 bits per heavy atom. The molecule has 5 heteroatoms. The van der Waals surface area contributed by atoms with E-state index in [2.05, 4.69) is 13.2 Å². The fourth-order valence-corrected chi connectivity index (χ4v) is 1.99. The topological polar surface area (TPSA) is 36.9 Å². The molecular formula is C8H16O4Si. The fourth-order valence-electron chi connectivity index (χ4n) is 0.663. The Labute approximate surface area is 80.0 Å². The van der Waals surface area contributed by atoms with Crippen molar-refractivity contribution in [1.82, 2.24) is 0 Å². The Hall–Kier alpha value is -0.463. The van der Waals surface area contributed by atoms with Crippen molar-refractivity contribution in [2.24, 2.45) is 0 Å². The zero-order chi connectivity index (χ0) is 10.2. The second-order valence-electron chi connectivity index (χ2n) is 2.23. The maximum absolute atomic E-state index is 5.36. The van der Waals surface area contributed by atoms with Gasteiger partial charge >= 0.3 is 8.56 Å². The summed E-state index contributed by atoms with van der Waals surface area (Å²) in [5.41, 5.74) is 3.25. The van der Waals surface area contributed by atoms with Crippen LogP contribution in [0.4, 0.5) is 0 Å². The van der Waals surface area contributed by atoms with Crippen LogP contribution in [0.15, 0.2) is 24.6 Å². The van der Waals surface area contributed by atoms with E-state index in [-0.39, 0.29) is 13.6 Å². The van der Waals surface area contributed by atoms with Crippen molar-refractivity contribution in [2.75, 3.05) is 27.8 Å². The van der Waals surface area contributed by atoms with Gasteiger partial charge < -0.3 is 18.3 Å². The molecule has 0 saturated carbocycles. The van der Waals surface area contributed by atoms with Crippen molar-refractivity contribution in [1.29, 1.82) is 0 Å². The Morgan fingerprint density at radius 3 is 1.62 bits per heavy atom. The van der Waals surface area contributed by atoms with Crippen LogP contribution >= 0.6 is 0 Å². The van der Waals surface area contributed by atoms with Crippen LogP contribution in [0.5, 0.6) is 0 Å². The van der Waals surface area contributed by atoms with Crippen molar-refractivity contribution in [3.05, 3.63) is 24.6 Å². The maximum atomic E-state index is 5.36. The largest absolute Gasteiger partial charge is 0.394 e. The van der Waals surface area contributed by atoms with E-state index in [9.17, 15) is 0 Å². The second-order valence-corrected chi connectivity index (χ2v) is 5.07. The molecule has 13 heavy (non-hydrogen) atoms. The molecule has 0 unspecified atom stereocenters. The first kappa shape index (κ1) is 12.5. The molecule has 0 aliphatic rings. The molecule has 76 valence electrons. The first-order valence-electron chi connectivity index (χ1n) is 3.77. The van der Waals surface area contributed by atoms with Gasteiger partial charge in [0.1, 0.15) is 13.6 Å². The van der Waals surface area contributed by atoms with Gasteiger partial charge in [-0.3, -0.25) is 0 Å². The Morgan fingerprint density at radius 2 is 1.38 bits per heavy atom. The van der Waals surface area contributed by atoms with E-state index in [1.807, 2.05) is 0 Å². The number of hydrogen-bond donors (Lipinski definition) is 0. The molecule has 0 aromatic rings. The maximum Gasteiger partial charge on any atom is 0.394 e. The quantitative estimate of drug-likeness (QED) is 0.438. The average molecular weight is 204 g/mol. The molecule has 0 fully saturated rings. The molecule has 0 rings (SSSR count). The third kappa shape index (κ3) is 4.35. The predicted molar refractivity (Wildman–Crippen MR) is 52.1 cm³/mol. The number of ether oxygens (including phenoxy) is 2. The summed E-state index contributed by atoms with van der Waals surface area (Å²) >= 11 is 0. The predicted octanol–water partition coefficient (Wildman–Crippen LogP) is 1.12. The molecule has 0 spiro atoms. The third-order valence-electron chi connectivity index (χ3n) is 1.37. The molecule has 0 aliphatic heterocycles.